The Bertz CT molecular complexity index is 1280. The van der Waals surface area contributed by atoms with Gasteiger partial charge in [0.2, 0.25) is 11.8 Å². The fourth-order valence-electron chi connectivity index (χ4n) is 4.65. The van der Waals surface area contributed by atoms with Crippen molar-refractivity contribution in [3.05, 3.63) is 138 Å². The molecule has 2 N–H and O–H groups in total. The number of benzene rings is 4. The largest absolute Gasteiger partial charge is 0.325 e. The zero-order valence-electron chi connectivity index (χ0n) is 19.4. The standard InChI is InChI=1S/C30H24N2O3S/c33-27-26(36-29(35)32-27)20-21-16-18-25(19-17-21)31-28(34)30(22-10-4-1-5-11-22,23-12-6-2-7-13-23)24-14-8-3-9-15-24/h1-19,26H,20H2,(H,31,34)(H,32,33,35). The van der Waals surface area contributed by atoms with Crippen LogP contribution in [0.15, 0.2) is 115 Å². The normalized spacial score (nSPS) is 15.4. The highest BCUT2D eigenvalue weighted by atomic mass is 32.2. The Morgan fingerprint density at radius 1 is 0.722 bits per heavy atom. The molecule has 178 valence electrons. The SMILES string of the molecule is O=C1NC(=O)C(Cc2ccc(NC(=O)C(c3ccccc3)(c3ccccc3)c3ccccc3)cc2)S1. The predicted molar refractivity (Wildman–Crippen MR) is 143 cm³/mol. The van der Waals surface area contributed by atoms with Gasteiger partial charge in [0.05, 0.1) is 5.25 Å². The Kier molecular flexibility index (Phi) is 6.69. The molecule has 0 radical (unpaired) electrons. The molecule has 4 aromatic carbocycles. The van der Waals surface area contributed by atoms with E-state index in [1.165, 1.54) is 0 Å². The van der Waals surface area contributed by atoms with Gasteiger partial charge in [-0.25, -0.2) is 0 Å². The third-order valence-electron chi connectivity index (χ3n) is 6.36. The molecule has 0 spiro atoms. The Hall–Kier alpha value is -4.16. The lowest BCUT2D eigenvalue weighted by Gasteiger charge is -2.34. The fourth-order valence-corrected chi connectivity index (χ4v) is 5.51. The number of imide groups is 1. The summed E-state index contributed by atoms with van der Waals surface area (Å²) in [5.74, 6) is -0.434. The van der Waals surface area contributed by atoms with Crippen LogP contribution >= 0.6 is 11.8 Å². The molecule has 0 bridgehead atoms. The lowest BCUT2D eigenvalue weighted by Crippen LogP contribution is -2.42. The van der Waals surface area contributed by atoms with Crippen LogP contribution in [0.3, 0.4) is 0 Å². The second kappa shape index (κ2) is 10.2. The number of hydrogen-bond acceptors (Lipinski definition) is 4. The zero-order chi connectivity index (χ0) is 25.0. The summed E-state index contributed by atoms with van der Waals surface area (Å²) in [6.07, 6.45) is 0.443. The summed E-state index contributed by atoms with van der Waals surface area (Å²) in [6.45, 7) is 0. The van der Waals surface area contributed by atoms with Gasteiger partial charge in [0.25, 0.3) is 5.24 Å². The van der Waals surface area contributed by atoms with Gasteiger partial charge in [-0.05, 0) is 40.8 Å². The van der Waals surface area contributed by atoms with Gasteiger partial charge in [0, 0.05) is 5.69 Å². The topological polar surface area (TPSA) is 75.3 Å². The number of nitrogens with one attached hydrogen (secondary N) is 2. The van der Waals surface area contributed by atoms with Crippen molar-refractivity contribution in [3.8, 4) is 0 Å². The minimum atomic E-state index is -1.07. The number of hydrogen-bond donors (Lipinski definition) is 2. The molecule has 3 amide bonds. The summed E-state index contributed by atoms with van der Waals surface area (Å²) in [4.78, 5) is 37.6. The summed E-state index contributed by atoms with van der Waals surface area (Å²) in [5.41, 5.74) is 3.09. The van der Waals surface area contributed by atoms with E-state index in [2.05, 4.69) is 10.6 Å². The number of carbonyl (C=O) groups excluding carboxylic acids is 3. The molecule has 1 fully saturated rings. The Balaban J connectivity index is 1.50. The van der Waals surface area contributed by atoms with Gasteiger partial charge < -0.3 is 5.32 Å². The van der Waals surface area contributed by atoms with Crippen molar-refractivity contribution < 1.29 is 14.4 Å². The van der Waals surface area contributed by atoms with E-state index in [1.807, 2.05) is 115 Å². The molecule has 1 unspecified atom stereocenters. The molecule has 0 aliphatic carbocycles. The minimum absolute atomic E-state index is 0.171. The van der Waals surface area contributed by atoms with Crippen molar-refractivity contribution >= 4 is 34.5 Å². The second-order valence-corrected chi connectivity index (χ2v) is 9.76. The number of anilines is 1. The molecule has 1 saturated heterocycles. The number of rotatable bonds is 7. The molecule has 5 nitrogen and oxygen atoms in total. The second-order valence-electron chi connectivity index (χ2n) is 8.59. The summed E-state index contributed by atoms with van der Waals surface area (Å²) >= 11 is 1.01. The van der Waals surface area contributed by atoms with E-state index < -0.39 is 10.7 Å². The van der Waals surface area contributed by atoms with Crippen LogP contribution in [0.1, 0.15) is 22.3 Å². The van der Waals surface area contributed by atoms with Crippen molar-refractivity contribution in [2.45, 2.75) is 17.1 Å². The van der Waals surface area contributed by atoms with Gasteiger partial charge in [-0.3, -0.25) is 19.7 Å². The van der Waals surface area contributed by atoms with Gasteiger partial charge in [-0.1, -0.05) is 115 Å². The van der Waals surface area contributed by atoms with E-state index in [1.54, 1.807) is 0 Å². The Morgan fingerprint density at radius 2 is 1.19 bits per heavy atom. The maximum absolute atomic E-state index is 14.3. The maximum Gasteiger partial charge on any atom is 0.286 e. The van der Waals surface area contributed by atoms with E-state index in [9.17, 15) is 14.4 Å². The van der Waals surface area contributed by atoms with E-state index in [4.69, 9.17) is 0 Å². The quantitative estimate of drug-likeness (QED) is 0.332. The maximum atomic E-state index is 14.3. The first kappa shape index (κ1) is 23.6. The van der Waals surface area contributed by atoms with Crippen molar-refractivity contribution in [2.75, 3.05) is 5.32 Å². The van der Waals surface area contributed by atoms with Crippen molar-refractivity contribution in [2.24, 2.45) is 0 Å². The van der Waals surface area contributed by atoms with E-state index >= 15 is 0 Å². The van der Waals surface area contributed by atoms with Crippen LogP contribution in [-0.2, 0) is 21.4 Å². The highest BCUT2D eigenvalue weighted by Crippen LogP contribution is 2.40. The molecule has 5 rings (SSSR count). The van der Waals surface area contributed by atoms with E-state index in [-0.39, 0.29) is 17.1 Å². The van der Waals surface area contributed by atoms with Gasteiger partial charge in [0.1, 0.15) is 5.41 Å². The first-order valence-corrected chi connectivity index (χ1v) is 12.5. The van der Waals surface area contributed by atoms with Crippen LogP contribution in [0.4, 0.5) is 10.5 Å². The highest BCUT2D eigenvalue weighted by molar-refractivity contribution is 8.15. The van der Waals surface area contributed by atoms with Gasteiger partial charge in [0.15, 0.2) is 0 Å². The third-order valence-corrected chi connectivity index (χ3v) is 7.34. The van der Waals surface area contributed by atoms with Gasteiger partial charge in [-0.2, -0.15) is 0 Å². The summed E-state index contributed by atoms with van der Waals surface area (Å²) < 4.78 is 0. The molecule has 6 heteroatoms. The van der Waals surface area contributed by atoms with Crippen LogP contribution in [0.5, 0.6) is 0 Å². The molecular weight excluding hydrogens is 468 g/mol. The van der Waals surface area contributed by atoms with E-state index in [0.717, 1.165) is 34.0 Å². The summed E-state index contributed by atoms with van der Waals surface area (Å²) in [6, 6.07) is 36.8. The van der Waals surface area contributed by atoms with Crippen molar-refractivity contribution in [1.29, 1.82) is 0 Å². The molecule has 1 aliphatic heterocycles. The number of thioether (sulfide) groups is 1. The molecule has 1 heterocycles. The van der Waals surface area contributed by atoms with Crippen molar-refractivity contribution in [3.63, 3.8) is 0 Å². The smallest absolute Gasteiger partial charge is 0.286 e. The first-order chi connectivity index (χ1) is 17.6. The molecule has 1 atom stereocenters. The minimum Gasteiger partial charge on any atom is -0.325 e. The molecule has 1 aliphatic rings. The average Bonchev–Trinajstić information content (AvgIpc) is 3.23. The van der Waals surface area contributed by atoms with Crippen LogP contribution in [0.2, 0.25) is 0 Å². The predicted octanol–water partition coefficient (Wildman–Crippen LogP) is 5.55. The Morgan fingerprint density at radius 3 is 1.61 bits per heavy atom. The zero-order valence-corrected chi connectivity index (χ0v) is 20.2. The lowest BCUT2D eigenvalue weighted by molar-refractivity contribution is -0.119. The average molecular weight is 493 g/mol. The number of amides is 3. The highest BCUT2D eigenvalue weighted by Gasteiger charge is 2.43. The molecule has 0 saturated carbocycles. The molecule has 36 heavy (non-hydrogen) atoms. The third kappa shape index (κ3) is 4.55. The van der Waals surface area contributed by atoms with Crippen LogP contribution < -0.4 is 10.6 Å². The molecule has 4 aromatic rings. The van der Waals surface area contributed by atoms with Crippen LogP contribution in [0.25, 0.3) is 0 Å². The lowest BCUT2D eigenvalue weighted by atomic mass is 9.68. The first-order valence-electron chi connectivity index (χ1n) is 11.7. The molecule has 0 aromatic heterocycles. The van der Waals surface area contributed by atoms with E-state index in [0.29, 0.717) is 12.1 Å². The summed E-state index contributed by atoms with van der Waals surface area (Å²) in [5, 5.41) is 4.71. The monoisotopic (exact) mass is 492 g/mol. The fraction of sp³-hybridized carbons (Fsp3) is 0.100. The van der Waals surface area contributed by atoms with Gasteiger partial charge in [-0.15, -0.1) is 0 Å². The van der Waals surface area contributed by atoms with Crippen molar-refractivity contribution in [1.82, 2.24) is 5.32 Å². The van der Waals surface area contributed by atoms with Gasteiger partial charge >= 0.3 is 0 Å². The van der Waals surface area contributed by atoms with Crippen LogP contribution in [0, 0.1) is 0 Å². The van der Waals surface area contributed by atoms with Crippen LogP contribution in [-0.4, -0.2) is 22.3 Å². The molecular formula is C30H24N2O3S. The Labute approximate surface area is 213 Å². The summed E-state index contributed by atoms with van der Waals surface area (Å²) in [7, 11) is 0. The number of carbonyl (C=O) groups is 3.